The Labute approximate surface area is 137 Å². The van der Waals surface area contributed by atoms with Crippen LogP contribution in [-0.4, -0.2) is 34.0 Å². The van der Waals surface area contributed by atoms with E-state index >= 15 is 0 Å². The molecule has 0 bridgehead atoms. The molecule has 1 aliphatic rings. The van der Waals surface area contributed by atoms with Crippen molar-refractivity contribution in [2.24, 2.45) is 10.1 Å². The molecule has 118 valence electrons. The van der Waals surface area contributed by atoms with Gasteiger partial charge in [-0.2, -0.15) is 5.10 Å². The largest absolute Gasteiger partial charge is 0.504 e. The molecule has 1 heterocycles. The van der Waals surface area contributed by atoms with Gasteiger partial charge in [-0.1, -0.05) is 11.8 Å². The Balaban J connectivity index is 1.74. The van der Waals surface area contributed by atoms with Crippen molar-refractivity contribution in [1.29, 1.82) is 0 Å². The van der Waals surface area contributed by atoms with Crippen LogP contribution >= 0.6 is 11.8 Å². The number of benzene rings is 2. The second-order valence-corrected chi connectivity index (χ2v) is 5.74. The molecule has 2 aromatic rings. The first kappa shape index (κ1) is 15.2. The number of hydrogen-bond donors (Lipinski definition) is 3. The lowest BCUT2D eigenvalue weighted by Gasteiger charge is -2.15. The van der Waals surface area contributed by atoms with Gasteiger partial charge in [-0.3, -0.25) is 5.43 Å². The summed E-state index contributed by atoms with van der Waals surface area (Å²) in [5, 5.41) is 23.9. The highest BCUT2D eigenvalue weighted by Gasteiger charge is 2.14. The molecule has 3 N–H and O–H groups in total. The number of rotatable bonds is 3. The Kier molecular flexibility index (Phi) is 4.38. The van der Waals surface area contributed by atoms with Gasteiger partial charge < -0.3 is 14.9 Å². The lowest BCUT2D eigenvalue weighted by atomic mass is 10.1. The fourth-order valence-corrected chi connectivity index (χ4v) is 2.78. The van der Waals surface area contributed by atoms with Crippen molar-refractivity contribution < 1.29 is 14.9 Å². The number of methoxy groups -OCH3 is 1. The summed E-state index contributed by atoms with van der Waals surface area (Å²) in [4.78, 5) is 4.47. The van der Waals surface area contributed by atoms with Crippen molar-refractivity contribution in [1.82, 2.24) is 5.43 Å². The predicted octanol–water partition coefficient (Wildman–Crippen LogP) is 2.83. The van der Waals surface area contributed by atoms with Gasteiger partial charge in [0.05, 0.1) is 18.5 Å². The fourth-order valence-electron chi connectivity index (χ4n) is 2.00. The minimum absolute atomic E-state index is 0.146. The Morgan fingerprint density at radius 2 is 1.91 bits per heavy atom. The lowest BCUT2D eigenvalue weighted by Crippen LogP contribution is -2.25. The minimum Gasteiger partial charge on any atom is -0.504 e. The normalized spacial score (nSPS) is 15.9. The summed E-state index contributed by atoms with van der Waals surface area (Å²) >= 11 is 1.51. The number of hydrazone groups is 1. The van der Waals surface area contributed by atoms with Gasteiger partial charge in [0.25, 0.3) is 0 Å². The maximum atomic E-state index is 9.55. The average Bonchev–Trinajstić information content (AvgIpc) is 2.59. The predicted molar refractivity (Wildman–Crippen MR) is 92.0 cm³/mol. The van der Waals surface area contributed by atoms with Crippen LogP contribution in [0.5, 0.6) is 17.2 Å². The van der Waals surface area contributed by atoms with E-state index in [0.29, 0.717) is 10.9 Å². The van der Waals surface area contributed by atoms with Gasteiger partial charge in [-0.15, -0.1) is 0 Å². The molecule has 2 aromatic carbocycles. The van der Waals surface area contributed by atoms with Gasteiger partial charge in [0, 0.05) is 11.3 Å². The van der Waals surface area contributed by atoms with E-state index in [2.05, 4.69) is 15.5 Å². The quantitative estimate of drug-likeness (QED) is 0.754. The van der Waals surface area contributed by atoms with Gasteiger partial charge >= 0.3 is 0 Å². The van der Waals surface area contributed by atoms with Crippen LogP contribution in [0.25, 0.3) is 0 Å². The molecule has 0 atom stereocenters. The third-order valence-electron chi connectivity index (χ3n) is 3.24. The van der Waals surface area contributed by atoms with Crippen LogP contribution in [-0.2, 0) is 0 Å². The van der Waals surface area contributed by atoms with Crippen LogP contribution in [0.15, 0.2) is 52.6 Å². The number of nitrogens with zero attached hydrogens (tertiary/aromatic N) is 2. The smallest absolute Gasteiger partial charge is 0.182 e. The van der Waals surface area contributed by atoms with Crippen LogP contribution < -0.4 is 10.2 Å². The van der Waals surface area contributed by atoms with Gasteiger partial charge in [-0.05, 0) is 42.5 Å². The zero-order valence-electron chi connectivity index (χ0n) is 12.4. The first-order chi connectivity index (χ1) is 11.2. The Bertz CT molecular complexity index is 773. The Morgan fingerprint density at radius 1 is 1.13 bits per heavy atom. The molecule has 0 fully saturated rings. The van der Waals surface area contributed by atoms with Crippen molar-refractivity contribution in [3.05, 3.63) is 48.0 Å². The maximum absolute atomic E-state index is 9.55. The molecule has 0 unspecified atom stereocenters. The summed E-state index contributed by atoms with van der Waals surface area (Å²) < 4.78 is 5.11. The monoisotopic (exact) mass is 329 g/mol. The SMILES string of the molecule is COc1ccc(N=C2NN=C(c3ccc(O)c(O)c3)CS2)cc1. The number of aliphatic imine (C=N–C) groups is 1. The van der Waals surface area contributed by atoms with E-state index in [1.54, 1.807) is 13.2 Å². The van der Waals surface area contributed by atoms with Crippen molar-refractivity contribution in [2.45, 2.75) is 0 Å². The molecule has 0 aromatic heterocycles. The summed E-state index contributed by atoms with van der Waals surface area (Å²) in [5.41, 5.74) is 5.24. The van der Waals surface area contributed by atoms with E-state index in [4.69, 9.17) is 4.74 Å². The molecule has 0 spiro atoms. The van der Waals surface area contributed by atoms with Gasteiger partial charge in [0.1, 0.15) is 5.75 Å². The zero-order valence-corrected chi connectivity index (χ0v) is 13.2. The van der Waals surface area contributed by atoms with Crippen molar-refractivity contribution in [3.8, 4) is 17.2 Å². The van der Waals surface area contributed by atoms with Crippen LogP contribution in [0.2, 0.25) is 0 Å². The number of aromatic hydroxyl groups is 2. The molecule has 23 heavy (non-hydrogen) atoms. The number of phenolic OH excluding ortho intramolecular Hbond substituents is 2. The van der Waals surface area contributed by atoms with E-state index in [0.717, 1.165) is 22.7 Å². The molecule has 0 aliphatic carbocycles. The number of hydrogen-bond acceptors (Lipinski definition) is 6. The number of ether oxygens (including phenoxy) is 1. The molecule has 0 radical (unpaired) electrons. The third-order valence-corrected chi connectivity index (χ3v) is 4.12. The summed E-state index contributed by atoms with van der Waals surface area (Å²) in [5.74, 6) is 1.10. The number of nitrogens with one attached hydrogen (secondary N) is 1. The van der Waals surface area contributed by atoms with E-state index < -0.39 is 0 Å². The number of phenols is 2. The van der Waals surface area contributed by atoms with E-state index in [1.165, 1.54) is 23.9 Å². The van der Waals surface area contributed by atoms with Crippen molar-refractivity contribution >= 4 is 28.3 Å². The summed E-state index contributed by atoms with van der Waals surface area (Å²) in [6.07, 6.45) is 0. The Hall–Kier alpha value is -2.67. The van der Waals surface area contributed by atoms with Crippen LogP contribution in [0.1, 0.15) is 5.56 Å². The topological polar surface area (TPSA) is 86.4 Å². The molecule has 6 nitrogen and oxygen atoms in total. The maximum Gasteiger partial charge on any atom is 0.182 e. The van der Waals surface area contributed by atoms with Crippen molar-refractivity contribution in [3.63, 3.8) is 0 Å². The Morgan fingerprint density at radius 3 is 2.52 bits per heavy atom. The van der Waals surface area contributed by atoms with Gasteiger partial charge in [0.15, 0.2) is 16.7 Å². The summed E-state index contributed by atoms with van der Waals surface area (Å²) in [7, 11) is 1.62. The molecular weight excluding hydrogens is 314 g/mol. The standard InChI is InChI=1S/C16H15N3O3S/c1-22-12-5-3-11(4-6-12)17-16-19-18-13(9-23-16)10-2-7-14(20)15(21)8-10/h2-8,20-21H,9H2,1H3,(H,17,19). The van der Waals surface area contributed by atoms with E-state index in [-0.39, 0.29) is 11.5 Å². The fraction of sp³-hybridized carbons (Fsp3) is 0.125. The highest BCUT2D eigenvalue weighted by Crippen LogP contribution is 2.27. The van der Waals surface area contributed by atoms with Crippen molar-refractivity contribution in [2.75, 3.05) is 12.9 Å². The molecule has 1 aliphatic heterocycles. The van der Waals surface area contributed by atoms with E-state index in [1.807, 2.05) is 24.3 Å². The minimum atomic E-state index is -0.159. The van der Waals surface area contributed by atoms with E-state index in [9.17, 15) is 10.2 Å². The highest BCUT2D eigenvalue weighted by molar-refractivity contribution is 8.14. The summed E-state index contributed by atoms with van der Waals surface area (Å²) in [6.45, 7) is 0. The molecule has 7 heteroatoms. The molecule has 0 amide bonds. The molecule has 0 saturated heterocycles. The third kappa shape index (κ3) is 3.57. The average molecular weight is 329 g/mol. The number of amidine groups is 1. The summed E-state index contributed by atoms with van der Waals surface area (Å²) in [6, 6.07) is 12.1. The second kappa shape index (κ2) is 6.62. The first-order valence-corrected chi connectivity index (χ1v) is 7.85. The van der Waals surface area contributed by atoms with Gasteiger partial charge in [-0.25, -0.2) is 4.99 Å². The van der Waals surface area contributed by atoms with Crippen LogP contribution in [0, 0.1) is 0 Å². The highest BCUT2D eigenvalue weighted by atomic mass is 32.2. The first-order valence-electron chi connectivity index (χ1n) is 6.86. The second-order valence-electron chi connectivity index (χ2n) is 4.78. The zero-order chi connectivity index (χ0) is 16.2. The van der Waals surface area contributed by atoms with Crippen LogP contribution in [0.3, 0.4) is 0 Å². The van der Waals surface area contributed by atoms with Gasteiger partial charge in [0.2, 0.25) is 0 Å². The molecule has 3 rings (SSSR count). The van der Waals surface area contributed by atoms with Crippen LogP contribution in [0.4, 0.5) is 5.69 Å². The lowest BCUT2D eigenvalue weighted by molar-refractivity contribution is 0.403. The molecule has 0 saturated carbocycles. The molecular formula is C16H15N3O3S. The number of thioether (sulfide) groups is 1.